The fourth-order valence-corrected chi connectivity index (χ4v) is 1.51. The van der Waals surface area contributed by atoms with Crippen molar-refractivity contribution in [3.63, 3.8) is 0 Å². The van der Waals surface area contributed by atoms with Crippen LogP contribution in [0.4, 0.5) is 0 Å². The van der Waals surface area contributed by atoms with Crippen LogP contribution in [0.15, 0.2) is 28.7 Å². The van der Waals surface area contributed by atoms with Crippen molar-refractivity contribution < 1.29 is 4.42 Å². The summed E-state index contributed by atoms with van der Waals surface area (Å²) in [4.78, 5) is 0. The molecule has 2 nitrogen and oxygen atoms in total. The van der Waals surface area contributed by atoms with Gasteiger partial charge in [0.1, 0.15) is 11.3 Å². The van der Waals surface area contributed by atoms with Crippen LogP contribution in [0.25, 0.3) is 11.0 Å². The highest BCUT2D eigenvalue weighted by molar-refractivity contribution is 9.08. The number of halogens is 1. The highest BCUT2D eigenvalue weighted by Gasteiger charge is 2.02. The van der Waals surface area contributed by atoms with Crippen LogP contribution in [0, 0.1) is 11.3 Å². The van der Waals surface area contributed by atoms with Crippen LogP contribution in [0.5, 0.6) is 0 Å². The second-order valence-electron chi connectivity index (χ2n) is 2.71. The van der Waals surface area contributed by atoms with Gasteiger partial charge in [0, 0.05) is 5.39 Å². The second-order valence-corrected chi connectivity index (χ2v) is 3.27. The van der Waals surface area contributed by atoms with Crippen molar-refractivity contribution in [1.82, 2.24) is 0 Å². The largest absolute Gasteiger partial charge is 0.460 e. The molecule has 0 saturated heterocycles. The lowest BCUT2D eigenvalue weighted by Crippen LogP contribution is -1.70. The summed E-state index contributed by atoms with van der Waals surface area (Å²) in [6, 6.07) is 9.43. The normalized spacial score (nSPS) is 10.2. The van der Waals surface area contributed by atoms with E-state index in [1.807, 2.05) is 18.2 Å². The molecule has 0 bridgehead atoms. The number of hydrogen-bond acceptors (Lipinski definition) is 2. The lowest BCUT2D eigenvalue weighted by atomic mass is 10.2. The quantitative estimate of drug-likeness (QED) is 0.713. The Balaban J connectivity index is 2.65. The van der Waals surface area contributed by atoms with Crippen molar-refractivity contribution in [3.05, 3.63) is 35.6 Å². The number of furan rings is 1. The van der Waals surface area contributed by atoms with Crippen LogP contribution in [-0.4, -0.2) is 0 Å². The van der Waals surface area contributed by atoms with Gasteiger partial charge in [0.2, 0.25) is 0 Å². The Kier molecular flexibility index (Phi) is 2.07. The Morgan fingerprint density at radius 1 is 1.38 bits per heavy atom. The third-order valence-electron chi connectivity index (χ3n) is 1.83. The molecule has 0 spiro atoms. The number of rotatable bonds is 1. The SMILES string of the molecule is N#Cc1ccc2oc(CBr)cc2c1. The third-order valence-corrected chi connectivity index (χ3v) is 2.38. The van der Waals surface area contributed by atoms with Gasteiger partial charge in [0.05, 0.1) is 17.0 Å². The van der Waals surface area contributed by atoms with Crippen LogP contribution in [0.2, 0.25) is 0 Å². The number of benzene rings is 1. The molecule has 3 heteroatoms. The molecule has 1 heterocycles. The predicted octanol–water partition coefficient (Wildman–Crippen LogP) is 3.20. The minimum Gasteiger partial charge on any atom is -0.460 e. The van der Waals surface area contributed by atoms with E-state index in [2.05, 4.69) is 22.0 Å². The summed E-state index contributed by atoms with van der Waals surface area (Å²) < 4.78 is 5.46. The van der Waals surface area contributed by atoms with Crippen molar-refractivity contribution in [2.45, 2.75) is 5.33 Å². The van der Waals surface area contributed by atoms with Gasteiger partial charge in [-0.05, 0) is 24.3 Å². The molecular formula is C10H6BrNO. The summed E-state index contributed by atoms with van der Waals surface area (Å²) in [6.45, 7) is 0. The van der Waals surface area contributed by atoms with E-state index in [0.717, 1.165) is 16.7 Å². The summed E-state index contributed by atoms with van der Waals surface area (Å²) in [6.07, 6.45) is 0. The van der Waals surface area contributed by atoms with Crippen molar-refractivity contribution >= 4 is 26.9 Å². The average molecular weight is 236 g/mol. The van der Waals surface area contributed by atoms with E-state index in [1.165, 1.54) is 0 Å². The molecule has 64 valence electrons. The topological polar surface area (TPSA) is 36.9 Å². The Bertz CT molecular complexity index is 481. The van der Waals surface area contributed by atoms with E-state index in [1.54, 1.807) is 6.07 Å². The summed E-state index contributed by atoms with van der Waals surface area (Å²) >= 11 is 3.31. The van der Waals surface area contributed by atoms with E-state index in [0.29, 0.717) is 10.9 Å². The molecule has 0 radical (unpaired) electrons. The standard InChI is InChI=1S/C10H6BrNO/c11-5-9-4-8-3-7(6-12)1-2-10(8)13-9/h1-4H,5H2. The lowest BCUT2D eigenvalue weighted by Gasteiger charge is -1.87. The molecule has 0 aliphatic rings. The first-order valence-electron chi connectivity index (χ1n) is 3.82. The molecule has 0 aliphatic heterocycles. The summed E-state index contributed by atoms with van der Waals surface area (Å²) in [5, 5.41) is 10.3. The van der Waals surface area contributed by atoms with E-state index < -0.39 is 0 Å². The number of nitrogens with zero attached hydrogens (tertiary/aromatic N) is 1. The van der Waals surface area contributed by atoms with Gasteiger partial charge >= 0.3 is 0 Å². The Hall–Kier alpha value is -1.27. The zero-order valence-corrected chi connectivity index (χ0v) is 8.34. The molecule has 0 aliphatic carbocycles. The Morgan fingerprint density at radius 2 is 2.23 bits per heavy atom. The lowest BCUT2D eigenvalue weighted by molar-refractivity contribution is 0.575. The second kappa shape index (κ2) is 3.23. The number of fused-ring (bicyclic) bond motifs is 1. The zero-order chi connectivity index (χ0) is 9.26. The van der Waals surface area contributed by atoms with Crippen molar-refractivity contribution in [2.24, 2.45) is 0 Å². The Labute approximate surface area is 83.9 Å². The molecule has 1 aromatic heterocycles. The van der Waals surface area contributed by atoms with Crippen LogP contribution in [0.1, 0.15) is 11.3 Å². The number of hydrogen-bond donors (Lipinski definition) is 0. The molecule has 0 saturated carbocycles. The molecule has 1 aromatic carbocycles. The number of nitriles is 1. The van der Waals surface area contributed by atoms with Gasteiger partial charge in [-0.25, -0.2) is 0 Å². The van der Waals surface area contributed by atoms with Gasteiger partial charge in [-0.15, -0.1) is 0 Å². The molecule has 0 fully saturated rings. The fourth-order valence-electron chi connectivity index (χ4n) is 1.23. The monoisotopic (exact) mass is 235 g/mol. The Morgan fingerprint density at radius 3 is 2.92 bits per heavy atom. The predicted molar refractivity (Wildman–Crippen MR) is 53.6 cm³/mol. The molecule has 0 N–H and O–H groups in total. The van der Waals surface area contributed by atoms with Gasteiger partial charge in [0.25, 0.3) is 0 Å². The van der Waals surface area contributed by atoms with Crippen molar-refractivity contribution in [1.29, 1.82) is 5.26 Å². The highest BCUT2D eigenvalue weighted by Crippen LogP contribution is 2.21. The first-order chi connectivity index (χ1) is 6.33. The molecular weight excluding hydrogens is 230 g/mol. The van der Waals surface area contributed by atoms with Crippen molar-refractivity contribution in [3.8, 4) is 6.07 Å². The summed E-state index contributed by atoms with van der Waals surface area (Å²) in [5.74, 6) is 0.880. The first-order valence-corrected chi connectivity index (χ1v) is 4.94. The molecule has 13 heavy (non-hydrogen) atoms. The van der Waals surface area contributed by atoms with Gasteiger partial charge in [-0.3, -0.25) is 0 Å². The first kappa shape index (κ1) is 8.33. The zero-order valence-electron chi connectivity index (χ0n) is 6.75. The van der Waals surface area contributed by atoms with Crippen LogP contribution in [-0.2, 0) is 5.33 Å². The van der Waals surface area contributed by atoms with E-state index >= 15 is 0 Å². The maximum absolute atomic E-state index is 8.67. The van der Waals surface area contributed by atoms with Crippen LogP contribution in [0.3, 0.4) is 0 Å². The molecule has 2 rings (SSSR count). The summed E-state index contributed by atoms with van der Waals surface area (Å²) in [7, 11) is 0. The fraction of sp³-hybridized carbons (Fsp3) is 0.100. The van der Waals surface area contributed by atoms with Crippen LogP contribution >= 0.6 is 15.9 Å². The third kappa shape index (κ3) is 1.45. The highest BCUT2D eigenvalue weighted by atomic mass is 79.9. The van der Waals surface area contributed by atoms with E-state index in [-0.39, 0.29) is 0 Å². The molecule has 0 unspecified atom stereocenters. The minimum absolute atomic E-state index is 0.662. The molecule has 0 atom stereocenters. The average Bonchev–Trinajstić information content (AvgIpc) is 2.58. The van der Waals surface area contributed by atoms with Gasteiger partial charge in [-0.2, -0.15) is 5.26 Å². The van der Waals surface area contributed by atoms with Gasteiger partial charge in [0.15, 0.2) is 0 Å². The minimum atomic E-state index is 0.662. The summed E-state index contributed by atoms with van der Waals surface area (Å²) in [5.41, 5.74) is 1.49. The van der Waals surface area contributed by atoms with Crippen LogP contribution < -0.4 is 0 Å². The smallest absolute Gasteiger partial charge is 0.134 e. The maximum Gasteiger partial charge on any atom is 0.134 e. The maximum atomic E-state index is 8.67. The number of alkyl halides is 1. The van der Waals surface area contributed by atoms with Gasteiger partial charge < -0.3 is 4.42 Å². The van der Waals surface area contributed by atoms with Gasteiger partial charge in [-0.1, -0.05) is 15.9 Å². The molecule has 2 aromatic rings. The van der Waals surface area contributed by atoms with E-state index in [4.69, 9.17) is 9.68 Å². The van der Waals surface area contributed by atoms with Crippen molar-refractivity contribution in [2.75, 3.05) is 0 Å². The molecule has 0 amide bonds. The van der Waals surface area contributed by atoms with E-state index in [9.17, 15) is 0 Å².